The summed E-state index contributed by atoms with van der Waals surface area (Å²) in [7, 11) is 0. The van der Waals surface area contributed by atoms with Crippen LogP contribution in [0.25, 0.3) is 22.6 Å². The lowest BCUT2D eigenvalue weighted by Crippen LogP contribution is -2.13. The quantitative estimate of drug-likeness (QED) is 0.725. The Morgan fingerprint density at radius 1 is 1.26 bits per heavy atom. The van der Waals surface area contributed by atoms with Gasteiger partial charge in [0.1, 0.15) is 0 Å². The van der Waals surface area contributed by atoms with Gasteiger partial charge in [-0.2, -0.15) is 4.98 Å². The minimum atomic E-state index is -0.502. The van der Waals surface area contributed by atoms with E-state index < -0.39 is 5.76 Å². The Balaban J connectivity index is 2.19. The van der Waals surface area contributed by atoms with Crippen molar-refractivity contribution in [3.05, 3.63) is 34.6 Å². The third-order valence-corrected chi connectivity index (χ3v) is 2.78. The van der Waals surface area contributed by atoms with Gasteiger partial charge in [0.2, 0.25) is 0 Å². The average molecular weight is 259 g/mol. The van der Waals surface area contributed by atoms with Gasteiger partial charge in [-0.15, -0.1) is 0 Å². The van der Waals surface area contributed by atoms with E-state index in [2.05, 4.69) is 15.1 Å². The highest BCUT2D eigenvalue weighted by Crippen LogP contribution is 2.27. The molecule has 6 heteroatoms. The molecule has 0 aliphatic heterocycles. The zero-order chi connectivity index (χ0) is 13.6. The minimum Gasteiger partial charge on any atom is -0.408 e. The second-order valence-corrected chi connectivity index (χ2v) is 5.37. The topological polar surface area (TPSA) is 84.9 Å². The summed E-state index contributed by atoms with van der Waals surface area (Å²) in [6.07, 6.45) is 0. The Bertz CT molecular complexity index is 789. The fourth-order valence-electron chi connectivity index (χ4n) is 1.79. The summed E-state index contributed by atoms with van der Waals surface area (Å²) in [6, 6.07) is 5.28. The number of hydrogen-bond donors (Lipinski definition) is 1. The predicted octanol–water partition coefficient (Wildman–Crippen LogP) is 2.47. The van der Waals surface area contributed by atoms with Gasteiger partial charge in [-0.25, -0.2) is 4.79 Å². The highest BCUT2D eigenvalue weighted by Gasteiger charge is 2.22. The van der Waals surface area contributed by atoms with Crippen molar-refractivity contribution in [1.82, 2.24) is 15.1 Å². The van der Waals surface area contributed by atoms with E-state index >= 15 is 0 Å². The molecule has 0 spiro atoms. The van der Waals surface area contributed by atoms with E-state index in [1.54, 1.807) is 18.2 Å². The molecule has 0 fully saturated rings. The molecular formula is C13H13N3O3. The number of nitrogens with one attached hydrogen (secondary N) is 1. The number of H-pyrrole nitrogens is 1. The molecule has 1 aromatic carbocycles. The summed E-state index contributed by atoms with van der Waals surface area (Å²) in [6.45, 7) is 6.01. The van der Waals surface area contributed by atoms with E-state index in [4.69, 9.17) is 8.94 Å². The van der Waals surface area contributed by atoms with Crippen LogP contribution in [-0.4, -0.2) is 15.1 Å². The van der Waals surface area contributed by atoms with Crippen molar-refractivity contribution in [2.24, 2.45) is 0 Å². The van der Waals surface area contributed by atoms with E-state index in [0.29, 0.717) is 28.4 Å². The lowest BCUT2D eigenvalue weighted by molar-refractivity contribution is 0.402. The average Bonchev–Trinajstić information content (AvgIpc) is 2.91. The summed E-state index contributed by atoms with van der Waals surface area (Å²) >= 11 is 0. The van der Waals surface area contributed by atoms with Crippen molar-refractivity contribution < 1.29 is 8.94 Å². The van der Waals surface area contributed by atoms with Crippen LogP contribution in [0.1, 0.15) is 26.6 Å². The van der Waals surface area contributed by atoms with Gasteiger partial charge in [0.25, 0.3) is 5.89 Å². The van der Waals surface area contributed by atoms with Crippen LogP contribution in [-0.2, 0) is 5.41 Å². The number of aromatic nitrogens is 3. The Labute approximate surface area is 108 Å². The molecule has 0 saturated heterocycles. The van der Waals surface area contributed by atoms with Crippen LogP contribution in [0.15, 0.2) is 31.9 Å². The van der Waals surface area contributed by atoms with Crippen molar-refractivity contribution in [2.45, 2.75) is 26.2 Å². The van der Waals surface area contributed by atoms with Gasteiger partial charge in [0.05, 0.1) is 11.1 Å². The van der Waals surface area contributed by atoms with E-state index in [-0.39, 0.29) is 5.41 Å². The highest BCUT2D eigenvalue weighted by molar-refractivity contribution is 5.87. The molecule has 0 bridgehead atoms. The van der Waals surface area contributed by atoms with Gasteiger partial charge >= 0.3 is 5.76 Å². The van der Waals surface area contributed by atoms with Crippen LogP contribution in [0.3, 0.4) is 0 Å². The first kappa shape index (κ1) is 11.7. The van der Waals surface area contributed by atoms with Crippen LogP contribution in [0, 0.1) is 0 Å². The maximum atomic E-state index is 11.2. The van der Waals surface area contributed by atoms with Gasteiger partial charge in [0.15, 0.2) is 11.4 Å². The van der Waals surface area contributed by atoms with Gasteiger partial charge in [-0.05, 0) is 12.1 Å². The molecule has 0 unspecified atom stereocenters. The number of hydrogen-bond acceptors (Lipinski definition) is 5. The van der Waals surface area contributed by atoms with Crippen LogP contribution < -0.4 is 5.76 Å². The fourth-order valence-corrected chi connectivity index (χ4v) is 1.79. The number of aromatic amines is 1. The molecule has 2 heterocycles. The zero-order valence-corrected chi connectivity index (χ0v) is 10.9. The number of nitrogens with zero attached hydrogens (tertiary/aromatic N) is 2. The zero-order valence-electron chi connectivity index (χ0n) is 10.9. The molecular weight excluding hydrogens is 246 g/mol. The van der Waals surface area contributed by atoms with Crippen LogP contribution in [0.4, 0.5) is 0 Å². The summed E-state index contributed by atoms with van der Waals surface area (Å²) in [5, 5.41) is 3.97. The third-order valence-electron chi connectivity index (χ3n) is 2.78. The summed E-state index contributed by atoms with van der Waals surface area (Å²) < 4.78 is 10.3. The minimum absolute atomic E-state index is 0.195. The number of oxazole rings is 1. The number of rotatable bonds is 1. The Hall–Kier alpha value is -2.37. The standard InChI is InChI=1S/C13H13N3O3/c1-13(2,3)11-15-10(19-16-11)7-5-4-6-8-9(7)14-12(17)18-8/h4-6H,1-3H3,(H,14,17). The van der Waals surface area contributed by atoms with E-state index in [1.165, 1.54) is 0 Å². The normalized spacial score (nSPS) is 12.2. The molecule has 0 aliphatic rings. The molecule has 1 N–H and O–H groups in total. The number of para-hydroxylation sites is 1. The molecule has 19 heavy (non-hydrogen) atoms. The van der Waals surface area contributed by atoms with Crippen LogP contribution in [0.2, 0.25) is 0 Å². The predicted molar refractivity (Wildman–Crippen MR) is 68.8 cm³/mol. The van der Waals surface area contributed by atoms with Crippen LogP contribution >= 0.6 is 0 Å². The van der Waals surface area contributed by atoms with Gasteiger partial charge in [-0.1, -0.05) is 32.0 Å². The van der Waals surface area contributed by atoms with Crippen LogP contribution in [0.5, 0.6) is 0 Å². The second-order valence-electron chi connectivity index (χ2n) is 5.37. The van der Waals surface area contributed by atoms with Crippen molar-refractivity contribution in [3.63, 3.8) is 0 Å². The Morgan fingerprint density at radius 3 is 2.74 bits per heavy atom. The Kier molecular flexibility index (Phi) is 2.35. The third kappa shape index (κ3) is 1.95. The molecule has 0 aliphatic carbocycles. The number of fused-ring (bicyclic) bond motifs is 1. The SMILES string of the molecule is CC(C)(C)c1noc(-c2cccc3oc(=O)[nH]c23)n1. The van der Waals surface area contributed by atoms with E-state index in [1.807, 2.05) is 20.8 Å². The fraction of sp³-hybridized carbons (Fsp3) is 0.308. The van der Waals surface area contributed by atoms with E-state index in [9.17, 15) is 4.79 Å². The monoisotopic (exact) mass is 259 g/mol. The maximum absolute atomic E-state index is 11.2. The number of benzene rings is 1. The van der Waals surface area contributed by atoms with Gasteiger partial charge < -0.3 is 8.94 Å². The molecule has 0 atom stereocenters. The van der Waals surface area contributed by atoms with Gasteiger partial charge in [-0.3, -0.25) is 4.98 Å². The van der Waals surface area contributed by atoms with Gasteiger partial charge in [0, 0.05) is 5.41 Å². The molecule has 2 aromatic heterocycles. The summed E-state index contributed by atoms with van der Waals surface area (Å²) in [4.78, 5) is 18.2. The molecule has 0 amide bonds. The maximum Gasteiger partial charge on any atom is 0.417 e. The molecule has 6 nitrogen and oxygen atoms in total. The molecule has 0 radical (unpaired) electrons. The highest BCUT2D eigenvalue weighted by atomic mass is 16.5. The first-order chi connectivity index (χ1) is 8.95. The Morgan fingerprint density at radius 2 is 2.05 bits per heavy atom. The van der Waals surface area contributed by atoms with Crippen molar-refractivity contribution in [2.75, 3.05) is 0 Å². The summed E-state index contributed by atoms with van der Waals surface area (Å²) in [5.41, 5.74) is 1.50. The van der Waals surface area contributed by atoms with Crippen molar-refractivity contribution in [1.29, 1.82) is 0 Å². The van der Waals surface area contributed by atoms with E-state index in [0.717, 1.165) is 0 Å². The lowest BCUT2D eigenvalue weighted by atomic mass is 9.96. The smallest absolute Gasteiger partial charge is 0.408 e. The van der Waals surface area contributed by atoms with Crippen molar-refractivity contribution >= 4 is 11.1 Å². The molecule has 98 valence electrons. The molecule has 0 saturated carbocycles. The molecule has 3 aromatic rings. The first-order valence-electron chi connectivity index (χ1n) is 5.91. The molecule has 3 rings (SSSR count). The largest absolute Gasteiger partial charge is 0.417 e. The first-order valence-corrected chi connectivity index (χ1v) is 5.91. The lowest BCUT2D eigenvalue weighted by Gasteiger charge is -2.10. The van der Waals surface area contributed by atoms with Crippen molar-refractivity contribution in [3.8, 4) is 11.5 Å². The summed E-state index contributed by atoms with van der Waals surface area (Å²) in [5.74, 6) is 0.482. The second kappa shape index (κ2) is 3.81.